The maximum absolute atomic E-state index is 13.1. The van der Waals surface area contributed by atoms with E-state index >= 15 is 0 Å². The molecule has 0 aliphatic rings. The molecule has 0 saturated heterocycles. The molecule has 186 valence electrons. The Kier molecular flexibility index (Phi) is 7.65. The van der Waals surface area contributed by atoms with E-state index in [9.17, 15) is 4.79 Å². The van der Waals surface area contributed by atoms with Gasteiger partial charge in [0.25, 0.3) is 0 Å². The molecule has 0 amide bonds. The summed E-state index contributed by atoms with van der Waals surface area (Å²) in [5.74, 6) is 1.91. The molecule has 0 bridgehead atoms. The lowest BCUT2D eigenvalue weighted by atomic mass is 9.87. The van der Waals surface area contributed by atoms with Crippen molar-refractivity contribution in [3.63, 3.8) is 0 Å². The molecule has 5 nitrogen and oxygen atoms in total. The van der Waals surface area contributed by atoms with E-state index in [0.29, 0.717) is 11.8 Å². The molecule has 36 heavy (non-hydrogen) atoms. The number of Topliss-reactive ketones (excluding diaryl/α,β-unsaturated/α-hetero) is 1. The van der Waals surface area contributed by atoms with Gasteiger partial charge in [0.2, 0.25) is 0 Å². The molecule has 0 N–H and O–H groups in total. The fraction of sp³-hybridized carbons (Fsp3) is 0.300. The molecule has 0 saturated carbocycles. The normalized spacial score (nSPS) is 11.5. The average Bonchev–Trinajstić information content (AvgIpc) is 3.28. The summed E-state index contributed by atoms with van der Waals surface area (Å²) in [6.45, 7) is 13.2. The average molecular weight is 500 g/mol. The van der Waals surface area contributed by atoms with Crippen LogP contribution in [0.2, 0.25) is 0 Å². The molecule has 0 atom stereocenters. The molecule has 0 fully saturated rings. The number of rotatable bonds is 8. The van der Waals surface area contributed by atoms with Crippen LogP contribution >= 0.6 is 11.8 Å². The maximum atomic E-state index is 13.1. The molecule has 0 aliphatic heterocycles. The summed E-state index contributed by atoms with van der Waals surface area (Å²) < 4.78 is 7.64. The number of ketones is 1. The van der Waals surface area contributed by atoms with Crippen molar-refractivity contribution in [2.24, 2.45) is 0 Å². The molecule has 3 aromatic carbocycles. The zero-order chi connectivity index (χ0) is 25.9. The van der Waals surface area contributed by atoms with Gasteiger partial charge in [-0.3, -0.25) is 9.36 Å². The minimum absolute atomic E-state index is 0.0661. The van der Waals surface area contributed by atoms with E-state index in [4.69, 9.17) is 4.74 Å². The van der Waals surface area contributed by atoms with Crippen LogP contribution in [0, 0.1) is 13.8 Å². The highest BCUT2D eigenvalue weighted by Gasteiger charge is 2.20. The highest BCUT2D eigenvalue weighted by atomic mass is 32.2. The predicted molar refractivity (Wildman–Crippen MR) is 148 cm³/mol. The van der Waals surface area contributed by atoms with E-state index in [1.807, 2.05) is 67.8 Å². The summed E-state index contributed by atoms with van der Waals surface area (Å²) in [4.78, 5) is 13.1. The SMILES string of the molecule is CCOc1ccc(-n2c(SCC(=O)c3cc(C)ccc3C)nnc2-c2ccc(C(C)(C)C)cc2)cc1. The molecule has 1 aromatic heterocycles. The zero-order valence-corrected chi connectivity index (χ0v) is 22.6. The Morgan fingerprint density at radius 2 is 1.64 bits per heavy atom. The first-order chi connectivity index (χ1) is 17.2. The number of aryl methyl sites for hydroxylation is 2. The van der Waals surface area contributed by atoms with Gasteiger partial charge in [-0.1, -0.05) is 74.5 Å². The number of carbonyl (C=O) groups excluding carboxylic acids is 1. The lowest BCUT2D eigenvalue weighted by Gasteiger charge is -2.19. The van der Waals surface area contributed by atoms with Crippen molar-refractivity contribution in [1.82, 2.24) is 14.8 Å². The van der Waals surface area contributed by atoms with Crippen molar-refractivity contribution in [3.8, 4) is 22.8 Å². The Morgan fingerprint density at radius 3 is 2.28 bits per heavy atom. The summed E-state index contributed by atoms with van der Waals surface area (Å²) >= 11 is 1.41. The van der Waals surface area contributed by atoms with Gasteiger partial charge in [-0.25, -0.2) is 0 Å². The number of hydrogen-bond acceptors (Lipinski definition) is 5. The first kappa shape index (κ1) is 25.7. The monoisotopic (exact) mass is 499 g/mol. The number of thioether (sulfide) groups is 1. The molecule has 4 aromatic rings. The van der Waals surface area contributed by atoms with Crippen LogP contribution in [-0.2, 0) is 5.41 Å². The van der Waals surface area contributed by atoms with Gasteiger partial charge in [0.05, 0.1) is 12.4 Å². The van der Waals surface area contributed by atoms with Gasteiger partial charge in [0, 0.05) is 16.8 Å². The molecule has 0 aliphatic carbocycles. The largest absolute Gasteiger partial charge is 0.494 e. The number of nitrogens with zero attached hydrogens (tertiary/aromatic N) is 3. The standard InChI is InChI=1S/C30H33N3O2S/c1-7-35-25-16-14-24(15-17-25)33-28(22-10-12-23(13-11-22)30(4,5)6)31-32-29(33)36-19-27(34)26-18-20(2)8-9-21(26)3/h8-18H,7,19H2,1-6H3. The van der Waals surface area contributed by atoms with Crippen LogP contribution in [0.4, 0.5) is 0 Å². The lowest BCUT2D eigenvalue weighted by molar-refractivity contribution is 0.102. The fourth-order valence-corrected chi connectivity index (χ4v) is 4.84. The molecule has 6 heteroatoms. The van der Waals surface area contributed by atoms with Gasteiger partial charge in [0.1, 0.15) is 5.75 Å². The highest BCUT2D eigenvalue weighted by molar-refractivity contribution is 7.99. The second-order valence-electron chi connectivity index (χ2n) is 9.93. The molecular formula is C30H33N3O2S. The first-order valence-electron chi connectivity index (χ1n) is 12.2. The van der Waals surface area contributed by atoms with Crippen LogP contribution in [0.25, 0.3) is 17.1 Å². The second kappa shape index (κ2) is 10.7. The molecule has 4 rings (SSSR count). The van der Waals surface area contributed by atoms with Crippen LogP contribution < -0.4 is 4.74 Å². The van der Waals surface area contributed by atoms with Crippen molar-refractivity contribution < 1.29 is 9.53 Å². The summed E-state index contributed by atoms with van der Waals surface area (Å²) in [6, 6.07) is 22.3. The van der Waals surface area contributed by atoms with Crippen LogP contribution in [0.3, 0.4) is 0 Å². The maximum Gasteiger partial charge on any atom is 0.196 e. The summed E-state index contributed by atoms with van der Waals surface area (Å²) in [5, 5.41) is 9.72. The van der Waals surface area contributed by atoms with Crippen LogP contribution in [0.5, 0.6) is 5.75 Å². The number of benzene rings is 3. The minimum Gasteiger partial charge on any atom is -0.494 e. The van der Waals surface area contributed by atoms with Gasteiger partial charge in [-0.05, 0) is 67.6 Å². The Labute approximate surface area is 217 Å². The van der Waals surface area contributed by atoms with E-state index in [0.717, 1.165) is 39.5 Å². The van der Waals surface area contributed by atoms with Crippen molar-refractivity contribution in [2.75, 3.05) is 12.4 Å². The van der Waals surface area contributed by atoms with Crippen LogP contribution in [-0.4, -0.2) is 32.9 Å². The van der Waals surface area contributed by atoms with Crippen molar-refractivity contribution in [1.29, 1.82) is 0 Å². The predicted octanol–water partition coefficient (Wildman–Crippen LogP) is 7.22. The van der Waals surface area contributed by atoms with E-state index in [1.165, 1.54) is 17.3 Å². The van der Waals surface area contributed by atoms with Gasteiger partial charge < -0.3 is 4.74 Å². The van der Waals surface area contributed by atoms with Crippen molar-refractivity contribution in [3.05, 3.63) is 89.0 Å². The summed E-state index contributed by atoms with van der Waals surface area (Å²) in [6.07, 6.45) is 0. The third-order valence-corrected chi connectivity index (χ3v) is 7.00. The van der Waals surface area contributed by atoms with E-state index < -0.39 is 0 Å². The Bertz CT molecular complexity index is 1350. The fourth-order valence-electron chi connectivity index (χ4n) is 4.00. The van der Waals surface area contributed by atoms with Crippen LogP contribution in [0.15, 0.2) is 71.9 Å². The Balaban J connectivity index is 1.69. The van der Waals surface area contributed by atoms with Crippen LogP contribution in [0.1, 0.15) is 54.7 Å². The number of ether oxygens (including phenoxy) is 1. The van der Waals surface area contributed by atoms with Gasteiger partial charge in [0.15, 0.2) is 16.8 Å². The Hall–Kier alpha value is -3.38. The first-order valence-corrected chi connectivity index (χ1v) is 13.2. The van der Waals surface area contributed by atoms with E-state index in [2.05, 4.69) is 55.2 Å². The van der Waals surface area contributed by atoms with Gasteiger partial charge in [-0.2, -0.15) is 0 Å². The van der Waals surface area contributed by atoms with E-state index in [-0.39, 0.29) is 17.0 Å². The third-order valence-electron chi connectivity index (χ3n) is 6.07. The number of carbonyl (C=O) groups is 1. The quantitative estimate of drug-likeness (QED) is 0.189. The number of hydrogen-bond donors (Lipinski definition) is 0. The molecule has 1 heterocycles. The molecule has 0 radical (unpaired) electrons. The second-order valence-corrected chi connectivity index (χ2v) is 10.9. The lowest BCUT2D eigenvalue weighted by Crippen LogP contribution is -2.10. The zero-order valence-electron chi connectivity index (χ0n) is 21.8. The third kappa shape index (κ3) is 5.71. The van der Waals surface area contributed by atoms with Gasteiger partial charge >= 0.3 is 0 Å². The minimum atomic E-state index is 0.0661. The Morgan fingerprint density at radius 1 is 0.944 bits per heavy atom. The van der Waals surface area contributed by atoms with Gasteiger partial charge in [-0.15, -0.1) is 10.2 Å². The smallest absolute Gasteiger partial charge is 0.196 e. The van der Waals surface area contributed by atoms with Crippen molar-refractivity contribution >= 4 is 17.5 Å². The molecule has 0 spiro atoms. The van der Waals surface area contributed by atoms with Crippen molar-refractivity contribution in [2.45, 2.75) is 52.1 Å². The molecular weight excluding hydrogens is 466 g/mol. The van der Waals surface area contributed by atoms with E-state index in [1.54, 1.807) is 0 Å². The topological polar surface area (TPSA) is 57.0 Å². The summed E-state index contributed by atoms with van der Waals surface area (Å²) in [5.41, 5.74) is 6.03. The summed E-state index contributed by atoms with van der Waals surface area (Å²) in [7, 11) is 0. The molecule has 0 unspecified atom stereocenters. The highest BCUT2D eigenvalue weighted by Crippen LogP contribution is 2.31. The number of aromatic nitrogens is 3.